The predicted molar refractivity (Wildman–Crippen MR) is 77.2 cm³/mol. The zero-order valence-corrected chi connectivity index (χ0v) is 12.1. The number of anilines is 1. The lowest BCUT2D eigenvalue weighted by Gasteiger charge is -2.41. The van der Waals surface area contributed by atoms with Gasteiger partial charge in [0.1, 0.15) is 5.15 Å². The van der Waals surface area contributed by atoms with Gasteiger partial charge >= 0.3 is 0 Å². The molecule has 2 saturated heterocycles. The molecule has 0 bridgehead atoms. The normalized spacial score (nSPS) is 31.0. The quantitative estimate of drug-likeness (QED) is 0.785. The van der Waals surface area contributed by atoms with Crippen molar-refractivity contribution in [2.75, 3.05) is 25.5 Å². The van der Waals surface area contributed by atoms with Gasteiger partial charge in [-0.15, -0.1) is 0 Å². The summed E-state index contributed by atoms with van der Waals surface area (Å²) < 4.78 is 5.69. The maximum Gasteiger partial charge on any atom is 0.221 e. The molecular formula is C13H20ClN5O. The Balaban J connectivity index is 1.80. The summed E-state index contributed by atoms with van der Waals surface area (Å²) >= 11 is 5.94. The molecule has 2 aliphatic heterocycles. The van der Waals surface area contributed by atoms with Crippen LogP contribution in [0.1, 0.15) is 25.0 Å². The second-order valence-corrected chi connectivity index (χ2v) is 6.15. The first-order valence-electron chi connectivity index (χ1n) is 6.95. The van der Waals surface area contributed by atoms with E-state index in [0.29, 0.717) is 11.7 Å². The second kappa shape index (κ2) is 5.44. The zero-order chi connectivity index (χ0) is 14.2. The Kier molecular flexibility index (Phi) is 3.81. The third kappa shape index (κ3) is 2.74. The van der Waals surface area contributed by atoms with E-state index in [1.54, 1.807) is 6.07 Å². The van der Waals surface area contributed by atoms with Crippen molar-refractivity contribution in [3.8, 4) is 0 Å². The van der Waals surface area contributed by atoms with Gasteiger partial charge in [0.25, 0.3) is 0 Å². The number of likely N-dealkylation sites (tertiary alicyclic amines) is 1. The van der Waals surface area contributed by atoms with Crippen molar-refractivity contribution < 1.29 is 4.74 Å². The van der Waals surface area contributed by atoms with E-state index in [1.807, 2.05) is 0 Å². The number of hydrogen-bond donors (Lipinski definition) is 2. The maximum atomic E-state index is 6.16. The van der Waals surface area contributed by atoms with Gasteiger partial charge in [0.05, 0.1) is 12.3 Å². The van der Waals surface area contributed by atoms with Crippen molar-refractivity contribution in [3.63, 3.8) is 0 Å². The van der Waals surface area contributed by atoms with Crippen LogP contribution in [-0.2, 0) is 11.3 Å². The molecule has 2 unspecified atom stereocenters. The summed E-state index contributed by atoms with van der Waals surface area (Å²) in [6.45, 7) is 3.13. The van der Waals surface area contributed by atoms with E-state index >= 15 is 0 Å². The predicted octanol–water partition coefficient (Wildman–Crippen LogP) is 0.794. The van der Waals surface area contributed by atoms with Crippen molar-refractivity contribution in [2.45, 2.75) is 37.4 Å². The van der Waals surface area contributed by atoms with Gasteiger partial charge in [-0.1, -0.05) is 11.6 Å². The molecule has 2 aliphatic rings. The fraction of sp³-hybridized carbons (Fsp3) is 0.692. The van der Waals surface area contributed by atoms with Crippen LogP contribution in [0.25, 0.3) is 0 Å². The maximum absolute atomic E-state index is 6.16. The molecule has 1 aromatic rings. The Morgan fingerprint density at radius 2 is 2.35 bits per heavy atom. The highest BCUT2D eigenvalue weighted by atomic mass is 35.5. The molecule has 3 rings (SSSR count). The number of nitrogen functional groups attached to an aromatic ring is 1. The lowest BCUT2D eigenvalue weighted by molar-refractivity contribution is -0.0329. The average molecular weight is 298 g/mol. The van der Waals surface area contributed by atoms with Gasteiger partial charge < -0.3 is 16.2 Å². The molecule has 0 aliphatic carbocycles. The van der Waals surface area contributed by atoms with Crippen LogP contribution in [0.15, 0.2) is 6.07 Å². The SMILES string of the molecule is Nc1nc(Cl)cc(CN2CC(N)CC23CCCOC3)n1. The minimum absolute atomic E-state index is 0.0455. The van der Waals surface area contributed by atoms with E-state index in [4.69, 9.17) is 27.8 Å². The van der Waals surface area contributed by atoms with Gasteiger partial charge in [0.2, 0.25) is 5.95 Å². The van der Waals surface area contributed by atoms with Crippen molar-refractivity contribution in [1.82, 2.24) is 14.9 Å². The Bertz CT molecular complexity index is 471. The zero-order valence-electron chi connectivity index (χ0n) is 11.4. The molecule has 0 amide bonds. The fourth-order valence-corrected chi connectivity index (χ4v) is 3.61. The van der Waals surface area contributed by atoms with Crippen LogP contribution in [0.5, 0.6) is 0 Å². The van der Waals surface area contributed by atoms with Gasteiger partial charge in [-0.25, -0.2) is 9.97 Å². The lowest BCUT2D eigenvalue weighted by atomic mass is 9.88. The van der Waals surface area contributed by atoms with Crippen molar-refractivity contribution >= 4 is 17.5 Å². The Hall–Kier alpha value is -0.950. The highest BCUT2D eigenvalue weighted by Gasteiger charge is 2.45. The molecule has 3 heterocycles. The first-order chi connectivity index (χ1) is 9.57. The Labute approximate surface area is 123 Å². The number of nitrogens with two attached hydrogens (primary N) is 2. The van der Waals surface area contributed by atoms with Crippen molar-refractivity contribution in [2.24, 2.45) is 5.73 Å². The topological polar surface area (TPSA) is 90.3 Å². The van der Waals surface area contributed by atoms with Crippen molar-refractivity contribution in [1.29, 1.82) is 0 Å². The average Bonchev–Trinajstić information content (AvgIpc) is 2.65. The van der Waals surface area contributed by atoms with Crippen LogP contribution >= 0.6 is 11.6 Å². The van der Waals surface area contributed by atoms with Crippen LogP contribution in [-0.4, -0.2) is 46.2 Å². The molecular weight excluding hydrogens is 278 g/mol. The minimum Gasteiger partial charge on any atom is -0.380 e. The van der Waals surface area contributed by atoms with Crippen LogP contribution in [0, 0.1) is 0 Å². The lowest BCUT2D eigenvalue weighted by Crippen LogP contribution is -2.49. The van der Waals surface area contributed by atoms with E-state index < -0.39 is 0 Å². The largest absolute Gasteiger partial charge is 0.380 e. The second-order valence-electron chi connectivity index (χ2n) is 5.77. The number of halogens is 1. The summed E-state index contributed by atoms with van der Waals surface area (Å²) in [6.07, 6.45) is 3.17. The molecule has 1 aromatic heterocycles. The Morgan fingerprint density at radius 3 is 3.05 bits per heavy atom. The number of ether oxygens (including phenoxy) is 1. The minimum atomic E-state index is 0.0455. The molecule has 0 saturated carbocycles. The summed E-state index contributed by atoms with van der Waals surface area (Å²) in [6, 6.07) is 1.95. The van der Waals surface area contributed by atoms with Gasteiger partial charge in [-0.3, -0.25) is 4.90 Å². The first-order valence-corrected chi connectivity index (χ1v) is 7.32. The van der Waals surface area contributed by atoms with E-state index in [2.05, 4.69) is 14.9 Å². The summed E-state index contributed by atoms with van der Waals surface area (Å²) in [5.74, 6) is 0.213. The molecule has 0 radical (unpaired) electrons. The number of nitrogens with zero attached hydrogens (tertiary/aromatic N) is 3. The number of rotatable bonds is 2. The molecule has 110 valence electrons. The molecule has 0 aromatic carbocycles. The molecule has 1 spiro atoms. The first kappa shape index (κ1) is 14.0. The summed E-state index contributed by atoms with van der Waals surface area (Å²) in [5, 5.41) is 0.380. The van der Waals surface area contributed by atoms with Gasteiger partial charge in [0.15, 0.2) is 0 Å². The molecule has 2 atom stereocenters. The van der Waals surface area contributed by atoms with E-state index in [-0.39, 0.29) is 17.5 Å². The van der Waals surface area contributed by atoms with Gasteiger partial charge in [-0.05, 0) is 25.3 Å². The molecule has 20 heavy (non-hydrogen) atoms. The summed E-state index contributed by atoms with van der Waals surface area (Å²) in [4.78, 5) is 10.5. The van der Waals surface area contributed by atoms with Gasteiger partial charge in [0, 0.05) is 31.3 Å². The van der Waals surface area contributed by atoms with Crippen LogP contribution in [0.2, 0.25) is 5.15 Å². The monoisotopic (exact) mass is 297 g/mol. The van der Waals surface area contributed by atoms with Crippen LogP contribution < -0.4 is 11.5 Å². The highest BCUT2D eigenvalue weighted by Crippen LogP contribution is 2.36. The van der Waals surface area contributed by atoms with E-state index in [1.165, 1.54) is 0 Å². The molecule has 7 heteroatoms. The molecule has 6 nitrogen and oxygen atoms in total. The smallest absolute Gasteiger partial charge is 0.221 e. The fourth-order valence-electron chi connectivity index (χ4n) is 3.40. The summed E-state index contributed by atoms with van der Waals surface area (Å²) in [5.41, 5.74) is 12.7. The standard InChI is InChI=1S/C13H20ClN5O/c14-11-4-10(17-12(16)18-11)7-19-6-9(15)5-13(19)2-1-3-20-8-13/h4,9H,1-3,5-8,15H2,(H2,16,17,18). The van der Waals surface area contributed by atoms with Crippen molar-refractivity contribution in [3.05, 3.63) is 16.9 Å². The third-order valence-electron chi connectivity index (χ3n) is 4.19. The third-order valence-corrected chi connectivity index (χ3v) is 4.38. The number of hydrogen-bond acceptors (Lipinski definition) is 6. The summed E-state index contributed by atoms with van der Waals surface area (Å²) in [7, 11) is 0. The Morgan fingerprint density at radius 1 is 1.50 bits per heavy atom. The molecule has 2 fully saturated rings. The number of aromatic nitrogens is 2. The van der Waals surface area contributed by atoms with E-state index in [0.717, 1.165) is 44.7 Å². The van der Waals surface area contributed by atoms with Crippen LogP contribution in [0.3, 0.4) is 0 Å². The van der Waals surface area contributed by atoms with Gasteiger partial charge in [-0.2, -0.15) is 0 Å². The van der Waals surface area contributed by atoms with E-state index in [9.17, 15) is 0 Å². The molecule has 4 N–H and O–H groups in total. The van der Waals surface area contributed by atoms with Crippen LogP contribution in [0.4, 0.5) is 5.95 Å². The highest BCUT2D eigenvalue weighted by molar-refractivity contribution is 6.29.